The molecule has 0 bridgehead atoms. The lowest BCUT2D eigenvalue weighted by Gasteiger charge is -2.23. The fraction of sp³-hybridized carbons (Fsp3) is 0.364. The number of ether oxygens (including phenoxy) is 4. The fourth-order valence-corrected chi connectivity index (χ4v) is 3.62. The van der Waals surface area contributed by atoms with Gasteiger partial charge in [-0.15, -0.1) is 0 Å². The van der Waals surface area contributed by atoms with E-state index in [2.05, 4.69) is 5.32 Å². The van der Waals surface area contributed by atoms with Crippen LogP contribution in [0, 0.1) is 0 Å². The molecule has 9 nitrogen and oxygen atoms in total. The van der Waals surface area contributed by atoms with E-state index in [9.17, 15) is 14.7 Å². The van der Waals surface area contributed by atoms with Gasteiger partial charge in [0.1, 0.15) is 29.7 Å². The van der Waals surface area contributed by atoms with Crippen LogP contribution in [0.1, 0.15) is 12.5 Å². The summed E-state index contributed by atoms with van der Waals surface area (Å²) in [5.74, 6) is 2.09. The summed E-state index contributed by atoms with van der Waals surface area (Å²) in [6, 6.07) is 11.8. The number of hydrogen-bond acceptors (Lipinski definition) is 7. The monoisotopic (exact) mass is 428 g/mol. The van der Waals surface area contributed by atoms with Crippen LogP contribution in [0.2, 0.25) is 0 Å². The molecule has 2 aromatic rings. The molecule has 0 saturated carbocycles. The zero-order chi connectivity index (χ0) is 22.0. The number of benzene rings is 2. The van der Waals surface area contributed by atoms with Gasteiger partial charge >= 0.3 is 6.03 Å². The van der Waals surface area contributed by atoms with E-state index < -0.39 is 23.6 Å². The lowest BCUT2D eigenvalue weighted by atomic mass is 9.92. The third-order valence-electron chi connectivity index (χ3n) is 5.23. The van der Waals surface area contributed by atoms with Crippen LogP contribution in [0.5, 0.6) is 23.0 Å². The molecule has 2 unspecified atom stereocenters. The Morgan fingerprint density at radius 1 is 1.13 bits per heavy atom. The predicted octanol–water partition coefficient (Wildman–Crippen LogP) is 1.72. The van der Waals surface area contributed by atoms with Crippen LogP contribution in [0.4, 0.5) is 4.79 Å². The highest BCUT2D eigenvalue weighted by Gasteiger charge is 2.48. The van der Waals surface area contributed by atoms with Crippen molar-refractivity contribution in [1.82, 2.24) is 10.2 Å². The number of carbonyl (C=O) groups excluding carboxylic acids is 2. The summed E-state index contributed by atoms with van der Waals surface area (Å²) in [7, 11) is 1.57. The molecule has 164 valence electrons. The summed E-state index contributed by atoms with van der Waals surface area (Å²) in [6.45, 7) is 1.59. The minimum Gasteiger partial charge on any atom is -0.497 e. The van der Waals surface area contributed by atoms with Gasteiger partial charge in [0.15, 0.2) is 11.5 Å². The van der Waals surface area contributed by atoms with Gasteiger partial charge in [0.05, 0.1) is 13.7 Å². The number of nitrogens with one attached hydrogen (secondary N) is 1. The molecule has 31 heavy (non-hydrogen) atoms. The Bertz CT molecular complexity index is 978. The van der Waals surface area contributed by atoms with Gasteiger partial charge < -0.3 is 29.4 Å². The summed E-state index contributed by atoms with van der Waals surface area (Å²) in [4.78, 5) is 26.4. The van der Waals surface area contributed by atoms with Gasteiger partial charge in [0.25, 0.3) is 5.91 Å². The number of nitrogens with zero attached hydrogens (tertiary/aromatic N) is 1. The first-order valence-electron chi connectivity index (χ1n) is 9.85. The van der Waals surface area contributed by atoms with Crippen molar-refractivity contribution in [3.8, 4) is 23.0 Å². The van der Waals surface area contributed by atoms with E-state index in [0.29, 0.717) is 23.0 Å². The first kappa shape index (κ1) is 20.8. The van der Waals surface area contributed by atoms with Crippen LogP contribution in [0.15, 0.2) is 42.5 Å². The number of urea groups is 1. The number of imide groups is 1. The lowest BCUT2D eigenvalue weighted by Crippen LogP contribution is -2.46. The summed E-state index contributed by atoms with van der Waals surface area (Å²) in [6.07, 6.45) is -0.756. The van der Waals surface area contributed by atoms with Crippen LogP contribution in [-0.4, -0.2) is 60.6 Å². The number of fused-ring (bicyclic) bond motifs is 1. The van der Waals surface area contributed by atoms with Crippen LogP contribution in [-0.2, 0) is 11.2 Å². The maximum absolute atomic E-state index is 13.0. The molecule has 4 rings (SSSR count). The minimum absolute atomic E-state index is 0.0672. The largest absolute Gasteiger partial charge is 0.497 e. The zero-order valence-electron chi connectivity index (χ0n) is 17.3. The quantitative estimate of drug-likeness (QED) is 0.617. The first-order valence-corrected chi connectivity index (χ1v) is 9.85. The Balaban J connectivity index is 1.35. The molecule has 2 aliphatic heterocycles. The summed E-state index contributed by atoms with van der Waals surface area (Å²) in [5, 5.41) is 13.1. The Labute approximate surface area is 179 Å². The highest BCUT2D eigenvalue weighted by molar-refractivity contribution is 6.07. The molecule has 0 aromatic heterocycles. The Kier molecular flexibility index (Phi) is 5.60. The van der Waals surface area contributed by atoms with E-state index in [-0.39, 0.29) is 26.4 Å². The van der Waals surface area contributed by atoms with Gasteiger partial charge in [-0.1, -0.05) is 6.07 Å². The van der Waals surface area contributed by atoms with Crippen molar-refractivity contribution in [1.29, 1.82) is 0 Å². The molecule has 0 spiro atoms. The standard InChI is InChI=1S/C22H24N2O7/c1-22(10-14-3-8-18-19(9-14)31-13-30-18)20(26)24(21(27)23-22)11-15(25)12-29-17-6-4-16(28-2)5-7-17/h3-9,15,25H,10-13H2,1-2H3,(H,23,27). The van der Waals surface area contributed by atoms with Gasteiger partial charge in [0.2, 0.25) is 6.79 Å². The van der Waals surface area contributed by atoms with Gasteiger partial charge in [-0.25, -0.2) is 4.79 Å². The molecular formula is C22H24N2O7. The van der Waals surface area contributed by atoms with E-state index >= 15 is 0 Å². The van der Waals surface area contributed by atoms with Crippen molar-refractivity contribution < 1.29 is 33.6 Å². The second-order valence-electron chi connectivity index (χ2n) is 7.68. The number of β-amino-alcohol motifs (C(OH)–C–C–N with tert-alkyl or cyclic N) is 1. The van der Waals surface area contributed by atoms with Gasteiger partial charge in [-0.2, -0.15) is 0 Å². The number of amides is 3. The van der Waals surface area contributed by atoms with E-state index in [1.54, 1.807) is 50.4 Å². The van der Waals surface area contributed by atoms with Crippen molar-refractivity contribution in [2.45, 2.75) is 25.0 Å². The molecule has 2 N–H and O–H groups in total. The summed E-state index contributed by atoms with van der Waals surface area (Å²) in [5.41, 5.74) is -0.299. The average Bonchev–Trinajstić information content (AvgIpc) is 3.30. The van der Waals surface area contributed by atoms with E-state index in [4.69, 9.17) is 18.9 Å². The summed E-state index contributed by atoms with van der Waals surface area (Å²) < 4.78 is 21.3. The third kappa shape index (κ3) is 4.36. The number of aliphatic hydroxyl groups is 1. The van der Waals surface area contributed by atoms with Crippen molar-refractivity contribution in [3.05, 3.63) is 48.0 Å². The number of carbonyl (C=O) groups is 2. The van der Waals surface area contributed by atoms with Crippen LogP contribution >= 0.6 is 0 Å². The molecule has 2 atom stereocenters. The maximum Gasteiger partial charge on any atom is 0.325 e. The van der Waals surface area contributed by atoms with Crippen LogP contribution in [0.25, 0.3) is 0 Å². The van der Waals surface area contributed by atoms with Crippen LogP contribution < -0.4 is 24.3 Å². The Hall–Kier alpha value is -3.46. The second kappa shape index (κ2) is 8.35. The van der Waals surface area contributed by atoms with Gasteiger partial charge in [0, 0.05) is 6.42 Å². The first-order chi connectivity index (χ1) is 14.9. The van der Waals surface area contributed by atoms with E-state index in [0.717, 1.165) is 10.5 Å². The number of hydrogen-bond donors (Lipinski definition) is 2. The summed E-state index contributed by atoms with van der Waals surface area (Å²) >= 11 is 0. The topological polar surface area (TPSA) is 107 Å². The van der Waals surface area contributed by atoms with Crippen molar-refractivity contribution >= 4 is 11.9 Å². The van der Waals surface area contributed by atoms with Crippen molar-refractivity contribution in [3.63, 3.8) is 0 Å². The maximum atomic E-state index is 13.0. The average molecular weight is 428 g/mol. The molecule has 1 fully saturated rings. The zero-order valence-corrected chi connectivity index (χ0v) is 17.3. The third-order valence-corrected chi connectivity index (χ3v) is 5.23. The highest BCUT2D eigenvalue weighted by atomic mass is 16.7. The number of methoxy groups -OCH3 is 1. The van der Waals surface area contributed by atoms with E-state index in [1.165, 1.54) is 0 Å². The SMILES string of the molecule is COc1ccc(OCC(O)CN2C(=O)NC(C)(Cc3ccc4c(c3)OCO4)C2=O)cc1. The fourth-order valence-electron chi connectivity index (χ4n) is 3.62. The minimum atomic E-state index is -1.12. The molecular weight excluding hydrogens is 404 g/mol. The molecule has 1 saturated heterocycles. The molecule has 9 heteroatoms. The molecule has 0 aliphatic carbocycles. The normalized spacial score (nSPS) is 20.5. The predicted molar refractivity (Wildman–Crippen MR) is 109 cm³/mol. The lowest BCUT2D eigenvalue weighted by molar-refractivity contribution is -0.131. The van der Waals surface area contributed by atoms with Gasteiger partial charge in [-0.05, 0) is 48.9 Å². The van der Waals surface area contributed by atoms with Crippen molar-refractivity contribution in [2.24, 2.45) is 0 Å². The molecule has 2 aromatic carbocycles. The highest BCUT2D eigenvalue weighted by Crippen LogP contribution is 2.34. The van der Waals surface area contributed by atoms with Gasteiger partial charge in [-0.3, -0.25) is 9.69 Å². The molecule has 3 amide bonds. The molecule has 2 heterocycles. The Morgan fingerprint density at radius 2 is 1.84 bits per heavy atom. The second-order valence-corrected chi connectivity index (χ2v) is 7.68. The molecule has 0 radical (unpaired) electrons. The van der Waals surface area contributed by atoms with Crippen molar-refractivity contribution in [2.75, 3.05) is 27.1 Å². The van der Waals surface area contributed by atoms with E-state index in [1.807, 2.05) is 6.07 Å². The number of rotatable bonds is 8. The Morgan fingerprint density at radius 3 is 2.58 bits per heavy atom. The smallest absolute Gasteiger partial charge is 0.325 e. The molecule has 2 aliphatic rings. The number of aliphatic hydroxyl groups excluding tert-OH is 1. The van der Waals surface area contributed by atoms with Crippen LogP contribution in [0.3, 0.4) is 0 Å².